The molecule has 128 valence electrons. The van der Waals surface area contributed by atoms with Crippen LogP contribution in [0.25, 0.3) is 0 Å². The lowest BCUT2D eigenvalue weighted by molar-refractivity contribution is -0.121. The van der Waals surface area contributed by atoms with Gasteiger partial charge in [0.25, 0.3) is 0 Å². The molecule has 0 fully saturated rings. The Morgan fingerprint density at radius 1 is 1.13 bits per heavy atom. The van der Waals surface area contributed by atoms with Crippen molar-refractivity contribution in [1.29, 1.82) is 0 Å². The van der Waals surface area contributed by atoms with Gasteiger partial charge in [-0.15, -0.1) is 0 Å². The number of carbonyl (C=O) groups excluding carboxylic acids is 1. The second-order valence-corrected chi connectivity index (χ2v) is 5.95. The Kier molecular flexibility index (Phi) is 8.80. The van der Waals surface area contributed by atoms with E-state index in [1.807, 2.05) is 37.3 Å². The van der Waals surface area contributed by atoms with E-state index in [1.165, 1.54) is 0 Å². The van der Waals surface area contributed by atoms with Gasteiger partial charge in [0.05, 0.1) is 6.54 Å². The quantitative estimate of drug-likeness (QED) is 0.509. The fraction of sp³-hybridized carbons (Fsp3) is 0.556. The summed E-state index contributed by atoms with van der Waals surface area (Å²) in [5, 5.41) is 9.48. The number of rotatable bonds is 8. The SMILES string of the molecule is CCNC(=NCCC(=O)NCc1ccccc1)NC(C)C(C)C. The van der Waals surface area contributed by atoms with Gasteiger partial charge in [0.15, 0.2) is 5.96 Å². The van der Waals surface area contributed by atoms with Crippen LogP contribution in [0.15, 0.2) is 35.3 Å². The van der Waals surface area contributed by atoms with Gasteiger partial charge < -0.3 is 16.0 Å². The summed E-state index contributed by atoms with van der Waals surface area (Å²) in [4.78, 5) is 16.3. The summed E-state index contributed by atoms with van der Waals surface area (Å²) in [6.07, 6.45) is 0.388. The predicted octanol–water partition coefficient (Wildman–Crippen LogP) is 2.29. The van der Waals surface area contributed by atoms with E-state index in [1.54, 1.807) is 0 Å². The minimum atomic E-state index is 0.0189. The lowest BCUT2D eigenvalue weighted by Gasteiger charge is -2.20. The summed E-state index contributed by atoms with van der Waals surface area (Å²) in [7, 11) is 0. The van der Waals surface area contributed by atoms with Crippen LogP contribution in [0.2, 0.25) is 0 Å². The van der Waals surface area contributed by atoms with Crippen molar-refractivity contribution in [2.45, 2.75) is 46.7 Å². The third-order valence-electron chi connectivity index (χ3n) is 3.65. The van der Waals surface area contributed by atoms with Gasteiger partial charge in [0, 0.05) is 25.6 Å². The van der Waals surface area contributed by atoms with Crippen LogP contribution in [-0.2, 0) is 11.3 Å². The first-order valence-electron chi connectivity index (χ1n) is 8.38. The molecule has 0 spiro atoms. The molecule has 5 heteroatoms. The summed E-state index contributed by atoms with van der Waals surface area (Å²) < 4.78 is 0. The minimum absolute atomic E-state index is 0.0189. The van der Waals surface area contributed by atoms with Crippen LogP contribution in [0.3, 0.4) is 0 Å². The van der Waals surface area contributed by atoms with Crippen LogP contribution >= 0.6 is 0 Å². The monoisotopic (exact) mass is 318 g/mol. The Labute approximate surface area is 140 Å². The van der Waals surface area contributed by atoms with E-state index >= 15 is 0 Å². The van der Waals surface area contributed by atoms with E-state index in [2.05, 4.69) is 41.7 Å². The van der Waals surface area contributed by atoms with Crippen LogP contribution in [-0.4, -0.2) is 31.0 Å². The van der Waals surface area contributed by atoms with Crippen LogP contribution in [0, 0.1) is 5.92 Å². The Balaban J connectivity index is 2.36. The van der Waals surface area contributed by atoms with E-state index in [9.17, 15) is 4.79 Å². The van der Waals surface area contributed by atoms with E-state index in [0.717, 1.165) is 18.1 Å². The molecule has 5 nitrogen and oxygen atoms in total. The number of nitrogens with one attached hydrogen (secondary N) is 3. The fourth-order valence-corrected chi connectivity index (χ4v) is 1.86. The van der Waals surface area contributed by atoms with Gasteiger partial charge in [-0.1, -0.05) is 44.2 Å². The summed E-state index contributed by atoms with van der Waals surface area (Å²) in [6.45, 7) is 10.3. The largest absolute Gasteiger partial charge is 0.357 e. The highest BCUT2D eigenvalue weighted by atomic mass is 16.1. The molecule has 0 heterocycles. The summed E-state index contributed by atoms with van der Waals surface area (Å²) in [5.74, 6) is 1.31. The average Bonchev–Trinajstić information content (AvgIpc) is 2.54. The lowest BCUT2D eigenvalue weighted by atomic mass is 10.1. The Hall–Kier alpha value is -2.04. The average molecular weight is 318 g/mol. The third kappa shape index (κ3) is 8.24. The third-order valence-corrected chi connectivity index (χ3v) is 3.65. The molecule has 0 radical (unpaired) electrons. The number of amides is 1. The van der Waals surface area contributed by atoms with Crippen molar-refractivity contribution in [1.82, 2.24) is 16.0 Å². The van der Waals surface area contributed by atoms with Crippen LogP contribution in [0.1, 0.15) is 39.7 Å². The number of aliphatic imine (C=N–C) groups is 1. The molecule has 0 bridgehead atoms. The van der Waals surface area contributed by atoms with Crippen LogP contribution in [0.4, 0.5) is 0 Å². The maximum absolute atomic E-state index is 11.9. The van der Waals surface area contributed by atoms with Crippen molar-refractivity contribution in [3.63, 3.8) is 0 Å². The fourth-order valence-electron chi connectivity index (χ4n) is 1.86. The molecule has 1 amide bonds. The molecule has 3 N–H and O–H groups in total. The number of carbonyl (C=O) groups is 1. The molecule has 1 unspecified atom stereocenters. The van der Waals surface area contributed by atoms with E-state index in [-0.39, 0.29) is 5.91 Å². The van der Waals surface area contributed by atoms with Crippen LogP contribution < -0.4 is 16.0 Å². The summed E-state index contributed by atoms with van der Waals surface area (Å²) in [5.41, 5.74) is 1.10. The van der Waals surface area contributed by atoms with Crippen molar-refractivity contribution >= 4 is 11.9 Å². The van der Waals surface area contributed by atoms with E-state index in [0.29, 0.717) is 31.5 Å². The molecule has 0 saturated carbocycles. The first-order chi connectivity index (χ1) is 11.0. The highest BCUT2D eigenvalue weighted by molar-refractivity contribution is 5.81. The number of guanidine groups is 1. The topological polar surface area (TPSA) is 65.5 Å². The van der Waals surface area contributed by atoms with E-state index < -0.39 is 0 Å². The molecule has 0 aliphatic carbocycles. The molecule has 1 rings (SSSR count). The minimum Gasteiger partial charge on any atom is -0.357 e. The highest BCUT2D eigenvalue weighted by Gasteiger charge is 2.09. The first-order valence-corrected chi connectivity index (χ1v) is 8.38. The molecule has 0 aliphatic heterocycles. The molecule has 1 atom stereocenters. The zero-order valence-electron chi connectivity index (χ0n) is 14.7. The zero-order valence-corrected chi connectivity index (χ0v) is 14.7. The molecule has 1 aromatic rings. The maximum Gasteiger partial charge on any atom is 0.222 e. The Morgan fingerprint density at radius 2 is 1.83 bits per heavy atom. The van der Waals surface area contributed by atoms with Gasteiger partial charge in [-0.3, -0.25) is 9.79 Å². The van der Waals surface area contributed by atoms with Gasteiger partial charge in [-0.25, -0.2) is 0 Å². The molecule has 0 aromatic heterocycles. The number of nitrogens with zero attached hydrogens (tertiary/aromatic N) is 1. The van der Waals surface area contributed by atoms with Crippen LogP contribution in [0.5, 0.6) is 0 Å². The second-order valence-electron chi connectivity index (χ2n) is 5.95. The highest BCUT2D eigenvalue weighted by Crippen LogP contribution is 2.00. The number of benzene rings is 1. The molecular formula is C18H30N4O. The van der Waals surface area contributed by atoms with Crippen molar-refractivity contribution in [2.75, 3.05) is 13.1 Å². The Bertz CT molecular complexity index is 485. The van der Waals surface area contributed by atoms with Gasteiger partial charge in [0.1, 0.15) is 0 Å². The van der Waals surface area contributed by atoms with Gasteiger partial charge in [0.2, 0.25) is 5.91 Å². The maximum atomic E-state index is 11.9. The predicted molar refractivity (Wildman–Crippen MR) is 96.3 cm³/mol. The standard InChI is InChI=1S/C18H30N4O/c1-5-19-18(22-15(4)14(2)3)20-12-11-17(23)21-13-16-9-7-6-8-10-16/h6-10,14-15H,5,11-13H2,1-4H3,(H,21,23)(H2,19,20,22). The zero-order chi connectivity index (χ0) is 17.1. The van der Waals surface area contributed by atoms with Gasteiger partial charge >= 0.3 is 0 Å². The molecule has 1 aromatic carbocycles. The summed E-state index contributed by atoms with van der Waals surface area (Å²) in [6, 6.07) is 10.2. The lowest BCUT2D eigenvalue weighted by Crippen LogP contribution is -2.44. The first kappa shape index (κ1) is 19.0. The van der Waals surface area contributed by atoms with Crippen molar-refractivity contribution in [3.05, 3.63) is 35.9 Å². The normalized spacial score (nSPS) is 12.8. The smallest absolute Gasteiger partial charge is 0.222 e. The van der Waals surface area contributed by atoms with Gasteiger partial charge in [-0.05, 0) is 25.3 Å². The molecule has 0 aliphatic rings. The molecular weight excluding hydrogens is 288 g/mol. The van der Waals surface area contributed by atoms with Crippen molar-refractivity contribution < 1.29 is 4.79 Å². The molecule has 0 saturated heterocycles. The summed E-state index contributed by atoms with van der Waals surface area (Å²) >= 11 is 0. The van der Waals surface area contributed by atoms with Crippen molar-refractivity contribution in [2.24, 2.45) is 10.9 Å². The second kappa shape index (κ2) is 10.6. The molecule has 23 heavy (non-hydrogen) atoms. The van der Waals surface area contributed by atoms with Crippen molar-refractivity contribution in [3.8, 4) is 0 Å². The number of hydrogen-bond acceptors (Lipinski definition) is 2. The number of hydrogen-bond donors (Lipinski definition) is 3. The van der Waals surface area contributed by atoms with E-state index in [4.69, 9.17) is 0 Å². The van der Waals surface area contributed by atoms with Gasteiger partial charge in [-0.2, -0.15) is 0 Å². The Morgan fingerprint density at radius 3 is 2.43 bits per heavy atom.